The zero-order valence-corrected chi connectivity index (χ0v) is 24.8. The maximum absolute atomic E-state index is 2.73. The standard InChI is InChI=1S/C25H48N2.2HI/c1-24-15-13-19(26(3,4)5)17-18(24)9-10-20-21-11-12-23(27(6,7)8)25(21,2)16-14-22(20)24;;/h18-23H,9-17H2,1-8H3;2*1H/q+2;;/p-2. The van der Waals surface area contributed by atoms with E-state index in [1.165, 1.54) is 60.3 Å². The fourth-order valence-corrected chi connectivity index (χ4v) is 9.18. The molecule has 8 atom stereocenters. The number of halogens is 2. The van der Waals surface area contributed by atoms with Crippen molar-refractivity contribution in [3.05, 3.63) is 0 Å². The van der Waals surface area contributed by atoms with Crippen LogP contribution in [0.25, 0.3) is 0 Å². The molecule has 29 heavy (non-hydrogen) atoms. The van der Waals surface area contributed by atoms with Crippen molar-refractivity contribution in [3.8, 4) is 0 Å². The summed E-state index contributed by atoms with van der Waals surface area (Å²) in [7, 11) is 14.6. The first-order valence-corrected chi connectivity index (χ1v) is 12.0. The van der Waals surface area contributed by atoms with Gasteiger partial charge in [-0.25, -0.2) is 0 Å². The van der Waals surface area contributed by atoms with Crippen LogP contribution in [0.2, 0.25) is 0 Å². The van der Waals surface area contributed by atoms with Crippen molar-refractivity contribution in [2.45, 2.75) is 83.7 Å². The number of hydrogen-bond donors (Lipinski definition) is 0. The first-order chi connectivity index (χ1) is 12.4. The molecule has 0 aromatic rings. The van der Waals surface area contributed by atoms with E-state index in [1.807, 2.05) is 0 Å². The molecule has 4 heteroatoms. The maximum atomic E-state index is 2.73. The summed E-state index contributed by atoms with van der Waals surface area (Å²) in [5, 5.41) is 0. The Morgan fingerprint density at radius 3 is 1.79 bits per heavy atom. The molecule has 0 spiro atoms. The first kappa shape index (κ1) is 26.6. The monoisotopic (exact) mass is 630 g/mol. The summed E-state index contributed by atoms with van der Waals surface area (Å²) >= 11 is 0. The zero-order chi connectivity index (χ0) is 19.8. The van der Waals surface area contributed by atoms with Gasteiger partial charge < -0.3 is 56.9 Å². The van der Waals surface area contributed by atoms with E-state index in [0.717, 1.165) is 35.8 Å². The molecule has 0 bridgehead atoms. The van der Waals surface area contributed by atoms with E-state index in [-0.39, 0.29) is 48.0 Å². The number of rotatable bonds is 2. The highest BCUT2D eigenvalue weighted by Crippen LogP contribution is 2.67. The Labute approximate surface area is 216 Å². The summed E-state index contributed by atoms with van der Waals surface area (Å²) in [6.07, 6.45) is 13.5. The van der Waals surface area contributed by atoms with Crippen molar-refractivity contribution in [2.75, 3.05) is 42.3 Å². The minimum atomic E-state index is 0. The van der Waals surface area contributed by atoms with Gasteiger partial charge in [0.15, 0.2) is 0 Å². The van der Waals surface area contributed by atoms with Crippen LogP contribution in [0, 0.1) is 34.5 Å². The van der Waals surface area contributed by atoms with Crippen LogP contribution in [-0.2, 0) is 0 Å². The van der Waals surface area contributed by atoms with Crippen LogP contribution in [0.15, 0.2) is 0 Å². The largest absolute Gasteiger partial charge is 1.00 e. The van der Waals surface area contributed by atoms with Crippen LogP contribution in [-0.4, -0.2) is 63.3 Å². The molecule has 0 radical (unpaired) electrons. The Bertz CT molecular complexity index is 580. The Balaban J connectivity index is 0.00000150. The smallest absolute Gasteiger partial charge is 0.0941 e. The van der Waals surface area contributed by atoms with E-state index < -0.39 is 0 Å². The molecule has 0 saturated heterocycles. The van der Waals surface area contributed by atoms with Crippen LogP contribution in [0.3, 0.4) is 0 Å². The molecule has 0 N–H and O–H groups in total. The van der Waals surface area contributed by atoms with Gasteiger partial charge in [0.25, 0.3) is 0 Å². The summed E-state index contributed by atoms with van der Waals surface area (Å²) in [6, 6.07) is 1.77. The van der Waals surface area contributed by atoms with Crippen molar-refractivity contribution in [1.82, 2.24) is 0 Å². The summed E-state index contributed by atoms with van der Waals surface area (Å²) in [6.45, 7) is 5.42. The molecule has 4 fully saturated rings. The molecular weight excluding hydrogens is 582 g/mol. The Morgan fingerprint density at radius 2 is 1.21 bits per heavy atom. The maximum Gasteiger partial charge on any atom is 0.0941 e. The Hall–Kier alpha value is 1.38. The Kier molecular flexibility index (Phi) is 7.92. The number of quaternary nitrogens is 2. The van der Waals surface area contributed by atoms with Gasteiger partial charge in [0.2, 0.25) is 0 Å². The molecule has 172 valence electrons. The molecule has 0 aliphatic heterocycles. The van der Waals surface area contributed by atoms with Gasteiger partial charge in [0, 0.05) is 18.3 Å². The van der Waals surface area contributed by atoms with Gasteiger partial charge >= 0.3 is 0 Å². The van der Waals surface area contributed by atoms with Crippen LogP contribution in [0.1, 0.15) is 71.6 Å². The number of nitrogens with zero attached hydrogens (tertiary/aromatic N) is 2. The molecule has 8 unspecified atom stereocenters. The lowest BCUT2D eigenvalue weighted by atomic mass is 9.44. The van der Waals surface area contributed by atoms with Crippen molar-refractivity contribution < 1.29 is 56.9 Å². The summed E-state index contributed by atoms with van der Waals surface area (Å²) < 4.78 is 2.35. The average Bonchev–Trinajstić information content (AvgIpc) is 2.90. The van der Waals surface area contributed by atoms with Crippen molar-refractivity contribution in [3.63, 3.8) is 0 Å². The van der Waals surface area contributed by atoms with Gasteiger partial charge in [-0.1, -0.05) is 13.8 Å². The third-order valence-electron chi connectivity index (χ3n) is 10.6. The molecule has 4 aliphatic carbocycles. The number of fused-ring (bicyclic) bond motifs is 5. The predicted octanol–water partition coefficient (Wildman–Crippen LogP) is -0.813. The Morgan fingerprint density at radius 1 is 0.621 bits per heavy atom. The molecule has 0 amide bonds. The van der Waals surface area contributed by atoms with E-state index in [2.05, 4.69) is 56.1 Å². The lowest BCUT2D eigenvalue weighted by molar-refractivity contribution is -0.903. The number of hydrogen-bond acceptors (Lipinski definition) is 0. The first-order valence-electron chi connectivity index (χ1n) is 12.0. The van der Waals surface area contributed by atoms with Gasteiger partial charge in [-0.2, -0.15) is 0 Å². The summed E-state index contributed by atoms with van der Waals surface area (Å²) in [5.41, 5.74) is 1.24. The van der Waals surface area contributed by atoms with Crippen molar-refractivity contribution in [2.24, 2.45) is 34.5 Å². The van der Waals surface area contributed by atoms with Gasteiger partial charge in [-0.05, 0) is 74.0 Å². The second-order valence-electron chi connectivity index (χ2n) is 13.5. The summed E-state index contributed by atoms with van der Waals surface area (Å²) in [5.74, 6) is 4.05. The minimum absolute atomic E-state index is 0. The fraction of sp³-hybridized carbons (Fsp3) is 1.00. The van der Waals surface area contributed by atoms with E-state index in [0.29, 0.717) is 10.8 Å². The SMILES string of the molecule is CC12CCC([N+](C)(C)C)CC1CCC1C2CCC2(C)C1CCC2[N+](C)(C)C.[I-].[I-]. The highest BCUT2D eigenvalue weighted by Gasteiger charge is 2.63. The third kappa shape index (κ3) is 4.32. The molecule has 0 heterocycles. The second kappa shape index (κ2) is 8.62. The predicted molar refractivity (Wildman–Crippen MR) is 115 cm³/mol. The van der Waals surface area contributed by atoms with Gasteiger partial charge in [-0.15, -0.1) is 0 Å². The molecule has 0 aromatic carbocycles. The zero-order valence-electron chi connectivity index (χ0n) is 20.5. The fourth-order valence-electron chi connectivity index (χ4n) is 9.18. The third-order valence-corrected chi connectivity index (χ3v) is 10.6. The molecular formula is C25H48I2N2. The van der Waals surface area contributed by atoms with Crippen LogP contribution in [0.4, 0.5) is 0 Å². The molecule has 0 aromatic heterocycles. The van der Waals surface area contributed by atoms with Crippen molar-refractivity contribution in [1.29, 1.82) is 0 Å². The van der Waals surface area contributed by atoms with Crippen LogP contribution >= 0.6 is 0 Å². The highest BCUT2D eigenvalue weighted by atomic mass is 127. The quantitative estimate of drug-likeness (QED) is 0.277. The van der Waals surface area contributed by atoms with Gasteiger partial charge in [0.1, 0.15) is 0 Å². The highest BCUT2D eigenvalue weighted by molar-refractivity contribution is 5.09. The van der Waals surface area contributed by atoms with Gasteiger partial charge in [0.05, 0.1) is 54.4 Å². The lowest BCUT2D eigenvalue weighted by Crippen LogP contribution is -3.00. The van der Waals surface area contributed by atoms with Crippen LogP contribution < -0.4 is 48.0 Å². The lowest BCUT2D eigenvalue weighted by Gasteiger charge is -2.61. The second-order valence-corrected chi connectivity index (χ2v) is 13.5. The molecule has 2 nitrogen and oxygen atoms in total. The summed E-state index contributed by atoms with van der Waals surface area (Å²) in [4.78, 5) is 0. The van der Waals surface area contributed by atoms with E-state index in [4.69, 9.17) is 0 Å². The normalized spacial score (nSPS) is 47.2. The average molecular weight is 630 g/mol. The molecule has 4 aliphatic rings. The van der Waals surface area contributed by atoms with Crippen molar-refractivity contribution >= 4 is 0 Å². The topological polar surface area (TPSA) is 0 Å². The minimum Gasteiger partial charge on any atom is -1.00 e. The van der Waals surface area contributed by atoms with E-state index in [1.54, 1.807) is 6.42 Å². The van der Waals surface area contributed by atoms with E-state index in [9.17, 15) is 0 Å². The van der Waals surface area contributed by atoms with E-state index >= 15 is 0 Å². The van der Waals surface area contributed by atoms with Gasteiger partial charge in [-0.3, -0.25) is 0 Å². The molecule has 4 rings (SSSR count). The molecule has 4 saturated carbocycles. The van der Waals surface area contributed by atoms with Crippen LogP contribution in [0.5, 0.6) is 0 Å².